The van der Waals surface area contributed by atoms with Crippen LogP contribution in [0.4, 0.5) is 10.2 Å². The van der Waals surface area contributed by atoms with Crippen LogP contribution < -0.4 is 15.5 Å². The zero-order valence-electron chi connectivity index (χ0n) is 11.9. The number of ether oxygens (including phenoxy) is 1. The number of anilines is 1. The van der Waals surface area contributed by atoms with Gasteiger partial charge in [-0.25, -0.2) is 9.18 Å². The molecule has 3 N–H and O–H groups in total. The molecule has 10 nitrogen and oxygen atoms in total. The third-order valence-corrected chi connectivity index (χ3v) is 3.35. The largest absolute Gasteiger partial charge is 0.391 e. The van der Waals surface area contributed by atoms with Crippen LogP contribution in [-0.2, 0) is 4.74 Å². The van der Waals surface area contributed by atoms with Gasteiger partial charge in [0.25, 0.3) is 5.72 Å². The molecule has 0 bridgehead atoms. The van der Waals surface area contributed by atoms with Crippen LogP contribution in [0.3, 0.4) is 0 Å². The van der Waals surface area contributed by atoms with E-state index in [1.165, 1.54) is 12.3 Å². The maximum Gasteiger partial charge on any atom is 0.351 e. The highest BCUT2D eigenvalue weighted by molar-refractivity contribution is 5.33. The zero-order chi connectivity index (χ0) is 16.5. The number of alkyl halides is 1. The van der Waals surface area contributed by atoms with Crippen molar-refractivity contribution in [2.24, 2.45) is 5.11 Å². The van der Waals surface area contributed by atoms with Gasteiger partial charge in [-0.15, -0.1) is 0 Å². The van der Waals surface area contributed by atoms with Gasteiger partial charge < -0.3 is 19.8 Å². The Bertz CT molecular complexity index is 660. The molecule has 0 unspecified atom stereocenters. The molecule has 0 amide bonds. The van der Waals surface area contributed by atoms with Crippen LogP contribution in [-0.4, -0.2) is 58.5 Å². The van der Waals surface area contributed by atoms with Crippen LogP contribution in [0.1, 0.15) is 6.23 Å². The van der Waals surface area contributed by atoms with Gasteiger partial charge in [-0.05, 0) is 6.07 Å². The summed E-state index contributed by atoms with van der Waals surface area (Å²) in [6.45, 7) is -0.897. The molecule has 0 aromatic carbocycles. The lowest BCUT2D eigenvalue weighted by Gasteiger charge is -2.18. The first-order chi connectivity index (χ1) is 10.4. The van der Waals surface area contributed by atoms with E-state index in [1.807, 2.05) is 0 Å². The van der Waals surface area contributed by atoms with Gasteiger partial charge in [-0.1, -0.05) is 0 Å². The second-order valence-corrected chi connectivity index (χ2v) is 4.97. The number of hydrogen-bond acceptors (Lipinski definition) is 8. The van der Waals surface area contributed by atoms with Gasteiger partial charge in [0.15, 0.2) is 17.5 Å². The lowest BCUT2D eigenvalue weighted by atomic mass is 10.1. The van der Waals surface area contributed by atoms with Crippen LogP contribution in [0.15, 0.2) is 22.2 Å². The number of aliphatic hydroxyl groups is 2. The van der Waals surface area contributed by atoms with Crippen LogP contribution >= 0.6 is 0 Å². The molecule has 1 aromatic heterocycles. The highest BCUT2D eigenvalue weighted by atomic mass is 19.1. The van der Waals surface area contributed by atoms with E-state index in [2.05, 4.69) is 15.0 Å². The molecule has 120 valence electrons. The average molecular weight is 315 g/mol. The number of hydrogen-bond donors (Lipinski definition) is 3. The molecule has 1 aliphatic rings. The van der Waals surface area contributed by atoms with Crippen LogP contribution in [0.5, 0.6) is 0 Å². The summed E-state index contributed by atoms with van der Waals surface area (Å²) >= 11 is 0. The van der Waals surface area contributed by atoms with Gasteiger partial charge in [-0.3, -0.25) is 4.57 Å². The van der Waals surface area contributed by atoms with Crippen molar-refractivity contribution in [1.82, 2.24) is 14.5 Å². The summed E-state index contributed by atoms with van der Waals surface area (Å²) in [7, 11) is 3.37. The number of nitrogens with one attached hydrogen (secondary N) is 1. The van der Waals surface area contributed by atoms with Crippen molar-refractivity contribution >= 4 is 5.82 Å². The predicted molar refractivity (Wildman–Crippen MR) is 70.9 cm³/mol. The van der Waals surface area contributed by atoms with Gasteiger partial charge >= 0.3 is 5.69 Å². The number of aromatic nitrogens is 2. The molecule has 2 rings (SSSR count). The Morgan fingerprint density at radius 3 is 2.86 bits per heavy atom. The topological polar surface area (TPSA) is 138 Å². The van der Waals surface area contributed by atoms with Crippen molar-refractivity contribution in [3.63, 3.8) is 0 Å². The first-order valence-corrected chi connectivity index (χ1v) is 6.32. The zero-order valence-corrected chi connectivity index (χ0v) is 11.9. The third-order valence-electron chi connectivity index (χ3n) is 3.35. The van der Waals surface area contributed by atoms with Crippen LogP contribution in [0, 0.1) is 5.53 Å². The lowest BCUT2D eigenvalue weighted by Crippen LogP contribution is -2.43. The fourth-order valence-electron chi connectivity index (χ4n) is 2.13. The molecule has 11 heteroatoms. The van der Waals surface area contributed by atoms with E-state index in [4.69, 9.17) is 10.3 Å². The Hall–Kier alpha value is -2.20. The van der Waals surface area contributed by atoms with Gasteiger partial charge in [0.2, 0.25) is 4.91 Å². The van der Waals surface area contributed by atoms with E-state index in [0.29, 0.717) is 5.82 Å². The fourth-order valence-corrected chi connectivity index (χ4v) is 2.13. The summed E-state index contributed by atoms with van der Waals surface area (Å²) in [4.78, 5) is 20.0. The van der Waals surface area contributed by atoms with E-state index < -0.39 is 36.5 Å². The van der Waals surface area contributed by atoms with Crippen molar-refractivity contribution in [3.8, 4) is 0 Å². The normalized spacial score (nSPS) is 30.9. The van der Waals surface area contributed by atoms with Gasteiger partial charge in [0.05, 0.1) is 0 Å². The maximum atomic E-state index is 14.3. The third kappa shape index (κ3) is 2.50. The Morgan fingerprint density at radius 2 is 2.36 bits per heavy atom. The van der Waals surface area contributed by atoms with Crippen molar-refractivity contribution in [2.45, 2.75) is 24.2 Å². The van der Waals surface area contributed by atoms with E-state index in [9.17, 15) is 19.4 Å². The average Bonchev–Trinajstić information content (AvgIpc) is 2.73. The van der Waals surface area contributed by atoms with Crippen molar-refractivity contribution in [1.29, 1.82) is 5.53 Å². The molecule has 1 aromatic rings. The quantitative estimate of drug-likeness (QED) is 0.470. The first kappa shape index (κ1) is 16.2. The standard InChI is InChI=1S/C11H16FN6O4/c1-17(2)6-3-4-18(10(21)14-6)9-7(12)8(20)11(5-19,22-9)15-16-13/h3-4,7-9,13,19-20H,5H2,1-2H3/q+1/t7-,8-,9+,11+/m0/s1. The number of rotatable bonds is 4. The summed E-state index contributed by atoms with van der Waals surface area (Å²) in [6, 6.07) is 1.47. The molecule has 0 radical (unpaired) electrons. The lowest BCUT2D eigenvalue weighted by molar-refractivity contribution is -0.128. The van der Waals surface area contributed by atoms with Crippen molar-refractivity contribution in [3.05, 3.63) is 22.7 Å². The van der Waals surface area contributed by atoms with Gasteiger partial charge in [-0.2, -0.15) is 4.98 Å². The van der Waals surface area contributed by atoms with E-state index >= 15 is 0 Å². The minimum absolute atomic E-state index is 0.370. The highest BCUT2D eigenvalue weighted by Crippen LogP contribution is 2.38. The van der Waals surface area contributed by atoms with E-state index in [1.54, 1.807) is 19.0 Å². The highest BCUT2D eigenvalue weighted by Gasteiger charge is 2.60. The molecule has 1 saturated heterocycles. The van der Waals surface area contributed by atoms with E-state index in [0.717, 1.165) is 4.57 Å². The first-order valence-electron chi connectivity index (χ1n) is 6.32. The second kappa shape index (κ2) is 5.89. The molecule has 1 aliphatic heterocycles. The number of nitrogens with zero attached hydrogens (tertiary/aromatic N) is 5. The maximum absolute atomic E-state index is 14.3. The monoisotopic (exact) mass is 315 g/mol. The van der Waals surface area contributed by atoms with Crippen molar-refractivity contribution < 1.29 is 19.3 Å². The summed E-state index contributed by atoms with van der Waals surface area (Å²) < 4.78 is 20.3. The van der Waals surface area contributed by atoms with E-state index in [-0.39, 0.29) is 0 Å². The van der Waals surface area contributed by atoms with Crippen LogP contribution in [0.2, 0.25) is 0 Å². The van der Waals surface area contributed by atoms with Crippen molar-refractivity contribution in [2.75, 3.05) is 25.6 Å². The molecular weight excluding hydrogens is 299 g/mol. The summed E-state index contributed by atoms with van der Waals surface area (Å²) in [5, 5.41) is 22.4. The molecule has 0 spiro atoms. The number of halogens is 1. The summed E-state index contributed by atoms with van der Waals surface area (Å²) in [6.07, 6.45) is -4.21. The minimum Gasteiger partial charge on any atom is -0.391 e. The summed E-state index contributed by atoms with van der Waals surface area (Å²) in [5.41, 5.74) is 3.78. The summed E-state index contributed by atoms with van der Waals surface area (Å²) in [5.74, 6) is 0.370. The smallest absolute Gasteiger partial charge is 0.351 e. The molecule has 2 heterocycles. The predicted octanol–water partition coefficient (Wildman–Crippen LogP) is -1.22. The SMILES string of the molecule is CN(C)c1ccn([C@@H]2O[C@@](CO)(N=[N+]=N)[C@@H](O)[C@@H]2F)c(=O)n1. The van der Waals surface area contributed by atoms with Gasteiger partial charge in [0, 0.05) is 20.3 Å². The minimum atomic E-state index is -2.12. The molecule has 0 saturated carbocycles. The molecule has 22 heavy (non-hydrogen) atoms. The molecular formula is C11H16FN6O4+. The Labute approximate surface area is 124 Å². The Morgan fingerprint density at radius 1 is 1.68 bits per heavy atom. The number of aliphatic hydroxyl groups excluding tert-OH is 2. The molecule has 0 aliphatic carbocycles. The fraction of sp³-hybridized carbons (Fsp3) is 0.636. The Kier molecular flexibility index (Phi) is 4.33. The van der Waals surface area contributed by atoms with Crippen LogP contribution in [0.25, 0.3) is 0 Å². The second-order valence-electron chi connectivity index (χ2n) is 4.97. The van der Waals surface area contributed by atoms with Gasteiger partial charge in [0.1, 0.15) is 24.1 Å². The molecule has 4 atom stereocenters. The molecule has 1 fully saturated rings. The Balaban J connectivity index is 2.42.